The van der Waals surface area contributed by atoms with Crippen LogP contribution in [0, 0.1) is 0 Å². The van der Waals surface area contributed by atoms with Crippen molar-refractivity contribution >= 4 is 45.2 Å². The van der Waals surface area contributed by atoms with Gasteiger partial charge in [0.2, 0.25) is 0 Å². The van der Waals surface area contributed by atoms with Crippen LogP contribution in [0.1, 0.15) is 78.1 Å². The maximum absolute atomic E-state index is 11.6. The van der Waals surface area contributed by atoms with Crippen LogP contribution in [0.5, 0.6) is 0 Å². The molecule has 4 rings (SSSR count). The van der Waals surface area contributed by atoms with Crippen molar-refractivity contribution in [3.63, 3.8) is 0 Å². The van der Waals surface area contributed by atoms with E-state index in [-0.39, 0.29) is 41.1 Å². The minimum Gasteiger partial charge on any atom is -0.478 e. The van der Waals surface area contributed by atoms with E-state index in [4.69, 9.17) is 9.84 Å². The van der Waals surface area contributed by atoms with Gasteiger partial charge < -0.3 is 14.6 Å². The van der Waals surface area contributed by atoms with E-state index in [9.17, 15) is 19.2 Å². The fourth-order valence-corrected chi connectivity index (χ4v) is 3.67. The van der Waals surface area contributed by atoms with Gasteiger partial charge in [-0.25, -0.2) is 14.4 Å². The molecule has 0 radical (unpaired) electrons. The highest BCUT2D eigenvalue weighted by Gasteiger charge is 2.15. The molecule has 0 aliphatic heterocycles. The minimum absolute atomic E-state index is 0. The molecule has 7 heteroatoms. The van der Waals surface area contributed by atoms with E-state index in [1.165, 1.54) is 33.3 Å². The normalized spacial score (nSPS) is 9.13. The number of esters is 2. The number of carboxylic acids is 1. The Hall–Kier alpha value is -4.52. The van der Waals surface area contributed by atoms with Crippen molar-refractivity contribution < 1.29 is 33.8 Å². The molecule has 0 fully saturated rings. The molecule has 0 aromatic heterocycles. The molecule has 38 heavy (non-hydrogen) atoms. The van der Waals surface area contributed by atoms with E-state index in [0.717, 1.165) is 10.8 Å². The van der Waals surface area contributed by atoms with Gasteiger partial charge in [0.1, 0.15) is 0 Å². The highest BCUT2D eigenvalue weighted by molar-refractivity contribution is 6.13. The zero-order valence-corrected chi connectivity index (χ0v) is 18.8. The molecule has 0 saturated carbocycles. The second-order valence-corrected chi connectivity index (χ2v) is 7.26. The predicted molar refractivity (Wildman–Crippen MR) is 154 cm³/mol. The van der Waals surface area contributed by atoms with Crippen molar-refractivity contribution in [3.05, 3.63) is 95.1 Å². The molecule has 4 aromatic carbocycles. The van der Waals surface area contributed by atoms with Gasteiger partial charge in [0.05, 0.1) is 30.9 Å². The van der Waals surface area contributed by atoms with E-state index >= 15 is 0 Å². The monoisotopic (exact) mass is 522 g/mol. The number of ketones is 1. The van der Waals surface area contributed by atoms with Crippen LogP contribution in [-0.2, 0) is 9.47 Å². The van der Waals surface area contributed by atoms with Crippen molar-refractivity contribution in [2.45, 2.75) is 36.6 Å². The summed E-state index contributed by atoms with van der Waals surface area (Å²) in [5, 5.41) is 11.7. The number of Topliss-reactive ketones (excluding diaryl/α,β-unsaturated/α-hetero) is 1. The molecule has 7 nitrogen and oxygen atoms in total. The lowest BCUT2D eigenvalue weighted by molar-refractivity contribution is 0.0594. The Morgan fingerprint density at radius 2 is 0.816 bits per heavy atom. The Morgan fingerprint density at radius 1 is 0.526 bits per heavy atom. The van der Waals surface area contributed by atoms with E-state index in [2.05, 4.69) is 4.74 Å². The molecule has 204 valence electrons. The van der Waals surface area contributed by atoms with Gasteiger partial charge in [-0.15, -0.1) is 0 Å². The number of rotatable bonds is 4. The summed E-state index contributed by atoms with van der Waals surface area (Å²) in [6, 6.07) is 20.4. The maximum atomic E-state index is 11.6. The number of carbonyl (C=O) groups is 4. The van der Waals surface area contributed by atoms with Crippen LogP contribution < -0.4 is 0 Å². The lowest BCUT2D eigenvalue weighted by atomic mass is 9.98. The van der Waals surface area contributed by atoms with E-state index < -0.39 is 17.9 Å². The Labute approximate surface area is 225 Å². The average molecular weight is 523 g/mol. The average Bonchev–Trinajstić information content (AvgIpc) is 2.86. The van der Waals surface area contributed by atoms with Crippen LogP contribution in [0.4, 0.5) is 0 Å². The zero-order valence-electron chi connectivity index (χ0n) is 18.8. The molecule has 0 aliphatic rings. The molecular weight excluding hydrogens is 484 g/mol. The summed E-state index contributed by atoms with van der Waals surface area (Å²) in [5.41, 5.74) is 1.64. The number of ether oxygens (including phenoxy) is 2. The Morgan fingerprint density at radius 3 is 1.13 bits per heavy atom. The molecule has 0 bridgehead atoms. The summed E-state index contributed by atoms with van der Waals surface area (Å²) >= 11 is 0. The second kappa shape index (κ2) is 15.6. The molecule has 0 spiro atoms. The molecule has 0 amide bonds. The van der Waals surface area contributed by atoms with Crippen molar-refractivity contribution in [2.24, 2.45) is 0 Å². The first-order chi connectivity index (χ1) is 16.3. The van der Waals surface area contributed by atoms with Crippen molar-refractivity contribution in [1.82, 2.24) is 0 Å². The highest BCUT2D eigenvalue weighted by atomic mass is 16.5. The van der Waals surface area contributed by atoms with E-state index in [1.807, 2.05) is 24.3 Å². The number of carboxylic acid groups (broad SMARTS) is 1. The number of hydrogen-bond donors (Lipinski definition) is 1. The summed E-state index contributed by atoms with van der Waals surface area (Å²) in [6.45, 7) is 1.51. The fourth-order valence-electron chi connectivity index (χ4n) is 3.67. The number of carbonyl (C=O) groups excluding carboxylic acids is 3. The quantitative estimate of drug-likeness (QED) is 0.216. The largest absolute Gasteiger partial charge is 0.478 e. The lowest BCUT2D eigenvalue weighted by Crippen LogP contribution is -2.05. The molecule has 0 aliphatic carbocycles. The van der Waals surface area contributed by atoms with Crippen LogP contribution in [0.2, 0.25) is 0 Å². The third kappa shape index (κ3) is 7.26. The summed E-state index contributed by atoms with van der Waals surface area (Å²) in [5.74, 6) is -1.90. The number of hydrogen-bond acceptors (Lipinski definition) is 6. The highest BCUT2D eigenvalue weighted by Crippen LogP contribution is 2.24. The lowest BCUT2D eigenvalue weighted by Gasteiger charge is -2.07. The number of methoxy groups -OCH3 is 2. The minimum atomic E-state index is -1.02. The van der Waals surface area contributed by atoms with Crippen molar-refractivity contribution in [1.29, 1.82) is 0 Å². The molecule has 0 atom stereocenters. The summed E-state index contributed by atoms with van der Waals surface area (Å²) in [4.78, 5) is 45.7. The topological polar surface area (TPSA) is 107 Å². The first-order valence-electron chi connectivity index (χ1n) is 10.2. The van der Waals surface area contributed by atoms with Crippen LogP contribution in [0.25, 0.3) is 21.5 Å². The third-order valence-corrected chi connectivity index (χ3v) is 5.27. The smallest absolute Gasteiger partial charge is 0.338 e. The first-order valence-corrected chi connectivity index (χ1v) is 10.2. The molecule has 0 unspecified atom stereocenters. The van der Waals surface area contributed by atoms with Gasteiger partial charge in [0.25, 0.3) is 0 Å². The third-order valence-electron chi connectivity index (χ3n) is 5.27. The van der Waals surface area contributed by atoms with Crippen LogP contribution in [-0.4, -0.2) is 43.0 Å². The van der Waals surface area contributed by atoms with Crippen molar-refractivity contribution in [2.75, 3.05) is 14.2 Å². The Bertz CT molecular complexity index is 1310. The summed E-state index contributed by atoms with van der Waals surface area (Å²) in [6.07, 6.45) is 0. The molecule has 1 N–H and O–H groups in total. The number of fused-ring (bicyclic) bond motifs is 2. The fraction of sp³-hybridized carbons (Fsp3) is 0.226. The van der Waals surface area contributed by atoms with E-state index in [0.29, 0.717) is 27.5 Å². The second-order valence-electron chi connectivity index (χ2n) is 7.26. The van der Waals surface area contributed by atoms with Crippen molar-refractivity contribution in [3.8, 4) is 0 Å². The van der Waals surface area contributed by atoms with Gasteiger partial charge in [-0.3, -0.25) is 4.79 Å². The van der Waals surface area contributed by atoms with Gasteiger partial charge in [-0.1, -0.05) is 78.2 Å². The van der Waals surface area contributed by atoms with Crippen LogP contribution >= 0.6 is 0 Å². The number of aromatic carboxylic acids is 1. The SMILES string of the molecule is C.C.C.C.COC(=O)c1ccc(C(=O)O)c2ccccc12.COC(=O)c1ccc(C(C)=O)c2ccccc12. The Kier molecular flexibility index (Phi) is 14.6. The standard InChI is InChI=1S/C14H12O3.C13H10O4.4CH4/c1-9(15)10-7-8-13(14(16)17-2)12-6-4-3-5-11(10)12;1-17-13(16)11-7-6-10(12(14)15)8-4-2-3-5-9(8)11;;;;/h3-8H,1-2H3;2-7H,1H3,(H,14,15);4*1H4. The van der Waals surface area contributed by atoms with Gasteiger partial charge in [0, 0.05) is 5.56 Å². The Balaban J connectivity index is 0. The van der Waals surface area contributed by atoms with Gasteiger partial charge in [0.15, 0.2) is 5.78 Å². The zero-order chi connectivity index (χ0) is 24.8. The van der Waals surface area contributed by atoms with Gasteiger partial charge in [-0.2, -0.15) is 0 Å². The number of benzene rings is 4. The summed E-state index contributed by atoms with van der Waals surface area (Å²) < 4.78 is 9.38. The maximum Gasteiger partial charge on any atom is 0.338 e. The van der Waals surface area contributed by atoms with Gasteiger partial charge in [-0.05, 0) is 52.7 Å². The summed E-state index contributed by atoms with van der Waals surface area (Å²) in [7, 11) is 2.64. The molecule has 0 heterocycles. The van der Waals surface area contributed by atoms with Crippen LogP contribution in [0.15, 0.2) is 72.8 Å². The molecule has 0 saturated heterocycles. The molecular formula is C31H38O7. The predicted octanol–water partition coefficient (Wildman–Crippen LogP) is 7.70. The first kappa shape index (κ1) is 35.6. The van der Waals surface area contributed by atoms with E-state index in [1.54, 1.807) is 36.4 Å². The molecule has 4 aromatic rings. The van der Waals surface area contributed by atoms with Gasteiger partial charge >= 0.3 is 17.9 Å². The van der Waals surface area contributed by atoms with Crippen LogP contribution in [0.3, 0.4) is 0 Å².